The molecule has 108 valence electrons. The average Bonchev–Trinajstić information content (AvgIpc) is 2.80. The van der Waals surface area contributed by atoms with Crippen LogP contribution in [0.3, 0.4) is 0 Å². The van der Waals surface area contributed by atoms with Gasteiger partial charge in [0.2, 0.25) is 0 Å². The number of aryl methyl sites for hydroxylation is 2. The van der Waals surface area contributed by atoms with E-state index in [9.17, 15) is 9.50 Å². The summed E-state index contributed by atoms with van der Waals surface area (Å²) >= 11 is 0. The third kappa shape index (κ3) is 3.67. The second-order valence-electron chi connectivity index (χ2n) is 5.18. The van der Waals surface area contributed by atoms with Crippen LogP contribution in [0.2, 0.25) is 0 Å². The van der Waals surface area contributed by atoms with Crippen molar-refractivity contribution in [1.29, 1.82) is 0 Å². The van der Waals surface area contributed by atoms with E-state index in [0.29, 0.717) is 0 Å². The highest BCUT2D eigenvalue weighted by Crippen LogP contribution is 2.16. The van der Waals surface area contributed by atoms with E-state index >= 15 is 0 Å². The van der Waals surface area contributed by atoms with Gasteiger partial charge in [-0.2, -0.15) is 5.10 Å². The molecule has 1 unspecified atom stereocenters. The molecule has 0 radical (unpaired) electrons. The fraction of sp³-hybridized carbons (Fsp3) is 0.438. The topological polar surface area (TPSA) is 38.0 Å². The first-order chi connectivity index (χ1) is 9.62. The quantitative estimate of drug-likeness (QED) is 0.881. The number of hydrogen-bond acceptors (Lipinski definition) is 2. The van der Waals surface area contributed by atoms with Gasteiger partial charge in [-0.05, 0) is 56.4 Å². The normalized spacial score (nSPS) is 12.6. The summed E-state index contributed by atoms with van der Waals surface area (Å²) in [6, 6.07) is 8.55. The van der Waals surface area contributed by atoms with Gasteiger partial charge < -0.3 is 5.11 Å². The second-order valence-corrected chi connectivity index (χ2v) is 5.18. The maximum Gasteiger partial charge on any atom is 0.123 e. The SMILES string of the molecule is CCn1nc(C)cc1CC(CO)Cc1ccc(F)cc1. The predicted octanol–water partition coefficient (Wildman–Crippen LogP) is 2.74. The molecule has 2 rings (SSSR count). The van der Waals surface area contributed by atoms with Gasteiger partial charge in [0.05, 0.1) is 5.69 Å². The maximum atomic E-state index is 12.9. The summed E-state index contributed by atoms with van der Waals surface area (Å²) in [6.07, 6.45) is 1.52. The first kappa shape index (κ1) is 14.7. The van der Waals surface area contributed by atoms with Gasteiger partial charge in [0, 0.05) is 18.8 Å². The van der Waals surface area contributed by atoms with Crippen LogP contribution in [0, 0.1) is 18.7 Å². The number of rotatable bonds is 6. The van der Waals surface area contributed by atoms with Crippen molar-refractivity contribution in [3.05, 3.63) is 53.1 Å². The summed E-state index contributed by atoms with van der Waals surface area (Å²) in [5, 5.41) is 14.0. The number of halogens is 1. The van der Waals surface area contributed by atoms with E-state index in [-0.39, 0.29) is 18.3 Å². The van der Waals surface area contributed by atoms with E-state index in [2.05, 4.69) is 18.1 Å². The maximum absolute atomic E-state index is 12.9. The van der Waals surface area contributed by atoms with E-state index in [1.165, 1.54) is 12.1 Å². The predicted molar refractivity (Wildman–Crippen MR) is 77.0 cm³/mol. The van der Waals surface area contributed by atoms with E-state index in [0.717, 1.165) is 36.3 Å². The summed E-state index contributed by atoms with van der Waals surface area (Å²) in [5.74, 6) is -0.101. The van der Waals surface area contributed by atoms with Gasteiger partial charge in [-0.1, -0.05) is 12.1 Å². The minimum absolute atomic E-state index is 0.116. The van der Waals surface area contributed by atoms with Gasteiger partial charge in [0.1, 0.15) is 5.82 Å². The highest BCUT2D eigenvalue weighted by molar-refractivity contribution is 5.17. The Morgan fingerprint density at radius 1 is 1.25 bits per heavy atom. The smallest absolute Gasteiger partial charge is 0.123 e. The molecule has 0 spiro atoms. The van der Waals surface area contributed by atoms with Crippen molar-refractivity contribution in [3.63, 3.8) is 0 Å². The van der Waals surface area contributed by atoms with Crippen LogP contribution in [0.5, 0.6) is 0 Å². The van der Waals surface area contributed by atoms with Crippen LogP contribution in [-0.2, 0) is 19.4 Å². The lowest BCUT2D eigenvalue weighted by Gasteiger charge is -2.15. The van der Waals surface area contributed by atoms with Crippen molar-refractivity contribution >= 4 is 0 Å². The molecule has 0 fully saturated rings. The zero-order chi connectivity index (χ0) is 14.5. The molecule has 0 saturated carbocycles. The van der Waals surface area contributed by atoms with Crippen LogP contribution < -0.4 is 0 Å². The molecule has 3 nitrogen and oxygen atoms in total. The molecule has 4 heteroatoms. The van der Waals surface area contributed by atoms with Gasteiger partial charge in [-0.15, -0.1) is 0 Å². The lowest BCUT2D eigenvalue weighted by molar-refractivity contribution is 0.223. The average molecular weight is 276 g/mol. The van der Waals surface area contributed by atoms with E-state index in [1.54, 1.807) is 12.1 Å². The Bertz CT molecular complexity index is 548. The van der Waals surface area contributed by atoms with Crippen LogP contribution in [0.4, 0.5) is 4.39 Å². The van der Waals surface area contributed by atoms with Crippen LogP contribution in [-0.4, -0.2) is 21.5 Å². The number of benzene rings is 1. The molecule has 1 heterocycles. The highest BCUT2D eigenvalue weighted by atomic mass is 19.1. The summed E-state index contributed by atoms with van der Waals surface area (Å²) in [6.45, 7) is 4.98. The number of aromatic nitrogens is 2. The molecule has 0 saturated heterocycles. The number of aliphatic hydroxyl groups excluding tert-OH is 1. The van der Waals surface area contributed by atoms with Crippen molar-refractivity contribution < 1.29 is 9.50 Å². The minimum atomic E-state index is -0.228. The molecule has 2 aromatic rings. The Kier molecular flexibility index (Phi) is 4.90. The van der Waals surface area contributed by atoms with Crippen molar-refractivity contribution in [2.45, 2.75) is 33.2 Å². The molecule has 0 aliphatic carbocycles. The molecule has 1 aromatic heterocycles. The molecule has 1 N–H and O–H groups in total. The Labute approximate surface area is 119 Å². The van der Waals surface area contributed by atoms with Crippen molar-refractivity contribution in [2.75, 3.05) is 6.61 Å². The Morgan fingerprint density at radius 3 is 2.55 bits per heavy atom. The zero-order valence-corrected chi connectivity index (χ0v) is 12.0. The summed E-state index contributed by atoms with van der Waals surface area (Å²) in [7, 11) is 0. The molecule has 1 aromatic carbocycles. The van der Waals surface area contributed by atoms with Gasteiger partial charge in [0.25, 0.3) is 0 Å². The third-order valence-electron chi connectivity index (χ3n) is 3.48. The first-order valence-electron chi connectivity index (χ1n) is 7.01. The summed E-state index contributed by atoms with van der Waals surface area (Å²) < 4.78 is 14.9. The van der Waals surface area contributed by atoms with Gasteiger partial charge in [-0.3, -0.25) is 4.68 Å². The van der Waals surface area contributed by atoms with Crippen LogP contribution in [0.25, 0.3) is 0 Å². The van der Waals surface area contributed by atoms with Gasteiger partial charge in [0.15, 0.2) is 0 Å². The second kappa shape index (κ2) is 6.66. The van der Waals surface area contributed by atoms with E-state index in [4.69, 9.17) is 0 Å². The number of nitrogens with zero attached hydrogens (tertiary/aromatic N) is 2. The van der Waals surface area contributed by atoms with Crippen molar-refractivity contribution in [1.82, 2.24) is 9.78 Å². The molecule has 0 bridgehead atoms. The lowest BCUT2D eigenvalue weighted by Crippen LogP contribution is -2.16. The Balaban J connectivity index is 2.06. The number of aliphatic hydroxyl groups is 1. The van der Waals surface area contributed by atoms with Crippen LogP contribution in [0.15, 0.2) is 30.3 Å². The minimum Gasteiger partial charge on any atom is -0.396 e. The first-order valence-corrected chi connectivity index (χ1v) is 7.01. The fourth-order valence-electron chi connectivity index (χ4n) is 2.49. The Hall–Kier alpha value is -1.68. The molecular weight excluding hydrogens is 255 g/mol. The molecule has 20 heavy (non-hydrogen) atoms. The molecule has 0 amide bonds. The van der Waals surface area contributed by atoms with Crippen molar-refractivity contribution in [2.24, 2.45) is 5.92 Å². The fourth-order valence-corrected chi connectivity index (χ4v) is 2.49. The zero-order valence-electron chi connectivity index (χ0n) is 12.0. The number of hydrogen-bond donors (Lipinski definition) is 1. The van der Waals surface area contributed by atoms with E-state index < -0.39 is 0 Å². The molecular formula is C16H21FN2O. The molecule has 0 aliphatic heterocycles. The van der Waals surface area contributed by atoms with E-state index in [1.807, 2.05) is 11.6 Å². The van der Waals surface area contributed by atoms with Gasteiger partial charge in [-0.25, -0.2) is 4.39 Å². The summed E-state index contributed by atoms with van der Waals surface area (Å²) in [5.41, 5.74) is 3.19. The highest BCUT2D eigenvalue weighted by Gasteiger charge is 2.13. The summed E-state index contributed by atoms with van der Waals surface area (Å²) in [4.78, 5) is 0. The lowest BCUT2D eigenvalue weighted by atomic mass is 9.95. The van der Waals surface area contributed by atoms with Crippen LogP contribution >= 0.6 is 0 Å². The van der Waals surface area contributed by atoms with Crippen molar-refractivity contribution in [3.8, 4) is 0 Å². The Morgan fingerprint density at radius 2 is 1.95 bits per heavy atom. The van der Waals surface area contributed by atoms with Crippen LogP contribution in [0.1, 0.15) is 23.9 Å². The molecule has 1 atom stereocenters. The van der Waals surface area contributed by atoms with Gasteiger partial charge >= 0.3 is 0 Å². The monoisotopic (exact) mass is 276 g/mol. The third-order valence-corrected chi connectivity index (χ3v) is 3.48. The standard InChI is InChI=1S/C16H21FN2O/c1-3-19-16(8-12(2)18-19)10-14(11-20)9-13-4-6-15(17)7-5-13/h4-8,14,20H,3,9-11H2,1-2H3. The largest absolute Gasteiger partial charge is 0.396 e. The molecule has 0 aliphatic rings.